The zero-order chi connectivity index (χ0) is 15.0. The van der Waals surface area contributed by atoms with Gasteiger partial charge in [0, 0.05) is 29.5 Å². The number of hydrogen-bond donors (Lipinski definition) is 2. The molecule has 0 saturated heterocycles. The second-order valence-electron chi connectivity index (χ2n) is 5.60. The third kappa shape index (κ3) is 8.17. The van der Waals surface area contributed by atoms with Gasteiger partial charge in [0.2, 0.25) is 5.91 Å². The molecule has 20 heavy (non-hydrogen) atoms. The Balaban J connectivity index is 2.05. The van der Waals surface area contributed by atoms with E-state index < -0.39 is 0 Å². The Bertz CT molecular complexity index is 413. The van der Waals surface area contributed by atoms with Crippen molar-refractivity contribution >= 4 is 21.8 Å². The van der Waals surface area contributed by atoms with E-state index in [1.165, 1.54) is 0 Å². The van der Waals surface area contributed by atoms with Crippen LogP contribution in [0.5, 0.6) is 5.75 Å². The van der Waals surface area contributed by atoms with E-state index in [1.807, 2.05) is 45.0 Å². The van der Waals surface area contributed by atoms with Crippen molar-refractivity contribution in [3.63, 3.8) is 0 Å². The van der Waals surface area contributed by atoms with E-state index in [0.717, 1.165) is 16.8 Å². The highest BCUT2D eigenvalue weighted by Gasteiger charge is 2.12. The molecule has 1 rings (SSSR count). The van der Waals surface area contributed by atoms with Crippen LogP contribution in [0.2, 0.25) is 0 Å². The number of carbonyl (C=O) groups is 1. The molecule has 0 aliphatic carbocycles. The molecule has 5 heteroatoms. The third-order valence-corrected chi connectivity index (χ3v) is 2.93. The van der Waals surface area contributed by atoms with Crippen molar-refractivity contribution in [1.82, 2.24) is 10.6 Å². The first-order valence-corrected chi connectivity index (χ1v) is 7.56. The summed E-state index contributed by atoms with van der Waals surface area (Å²) in [6, 6.07) is 7.72. The molecule has 1 amide bonds. The van der Waals surface area contributed by atoms with E-state index >= 15 is 0 Å². The largest absolute Gasteiger partial charge is 0.492 e. The van der Waals surface area contributed by atoms with Crippen molar-refractivity contribution in [2.75, 3.05) is 19.7 Å². The van der Waals surface area contributed by atoms with Gasteiger partial charge >= 0.3 is 0 Å². The van der Waals surface area contributed by atoms with Gasteiger partial charge in [-0.25, -0.2) is 0 Å². The van der Waals surface area contributed by atoms with Gasteiger partial charge in [0.15, 0.2) is 0 Å². The van der Waals surface area contributed by atoms with E-state index in [4.69, 9.17) is 4.74 Å². The van der Waals surface area contributed by atoms with Gasteiger partial charge in [-0.2, -0.15) is 0 Å². The fourth-order valence-corrected chi connectivity index (χ4v) is 1.84. The summed E-state index contributed by atoms with van der Waals surface area (Å²) in [6.45, 7) is 7.89. The van der Waals surface area contributed by atoms with Gasteiger partial charge in [0.25, 0.3) is 0 Å². The molecule has 0 aliphatic rings. The standard InChI is InChI=1S/C15H23BrN2O2/c1-15(2,3)18-14(19)8-9-17-10-11-20-13-6-4-12(16)5-7-13/h4-7,17H,8-11H2,1-3H3,(H,18,19). The fourth-order valence-electron chi connectivity index (χ4n) is 1.58. The average molecular weight is 343 g/mol. The minimum atomic E-state index is -0.165. The van der Waals surface area contributed by atoms with Gasteiger partial charge in [0.1, 0.15) is 12.4 Å². The van der Waals surface area contributed by atoms with E-state index in [-0.39, 0.29) is 11.4 Å². The summed E-state index contributed by atoms with van der Waals surface area (Å²) in [4.78, 5) is 11.6. The molecule has 0 atom stereocenters. The molecule has 0 saturated carbocycles. The van der Waals surface area contributed by atoms with Crippen LogP contribution in [-0.4, -0.2) is 31.1 Å². The maximum atomic E-state index is 11.6. The molecule has 1 aromatic carbocycles. The molecule has 1 aromatic rings. The van der Waals surface area contributed by atoms with E-state index in [1.54, 1.807) is 0 Å². The Morgan fingerprint density at radius 1 is 1.20 bits per heavy atom. The van der Waals surface area contributed by atoms with Crippen LogP contribution in [0.3, 0.4) is 0 Å². The molecular weight excluding hydrogens is 320 g/mol. The fraction of sp³-hybridized carbons (Fsp3) is 0.533. The van der Waals surface area contributed by atoms with Crippen molar-refractivity contribution in [2.24, 2.45) is 0 Å². The molecule has 0 heterocycles. The zero-order valence-electron chi connectivity index (χ0n) is 12.3. The molecule has 0 aliphatic heterocycles. The second kappa shape index (κ2) is 8.27. The van der Waals surface area contributed by atoms with Crippen molar-refractivity contribution in [1.29, 1.82) is 0 Å². The van der Waals surface area contributed by atoms with Crippen LogP contribution in [0.15, 0.2) is 28.7 Å². The molecule has 112 valence electrons. The Morgan fingerprint density at radius 2 is 1.85 bits per heavy atom. The first kappa shape index (κ1) is 17.0. The van der Waals surface area contributed by atoms with E-state index in [2.05, 4.69) is 26.6 Å². The smallest absolute Gasteiger partial charge is 0.221 e. The lowest BCUT2D eigenvalue weighted by Gasteiger charge is -2.20. The highest BCUT2D eigenvalue weighted by atomic mass is 79.9. The summed E-state index contributed by atoms with van der Waals surface area (Å²) < 4.78 is 6.60. The van der Waals surface area contributed by atoms with Crippen LogP contribution in [0.1, 0.15) is 27.2 Å². The maximum Gasteiger partial charge on any atom is 0.221 e. The highest BCUT2D eigenvalue weighted by molar-refractivity contribution is 9.10. The number of carbonyl (C=O) groups excluding carboxylic acids is 1. The SMILES string of the molecule is CC(C)(C)NC(=O)CCNCCOc1ccc(Br)cc1. The van der Waals surface area contributed by atoms with Crippen LogP contribution in [-0.2, 0) is 4.79 Å². The Hall–Kier alpha value is -1.07. The van der Waals surface area contributed by atoms with Gasteiger partial charge in [-0.3, -0.25) is 4.79 Å². The van der Waals surface area contributed by atoms with E-state index in [9.17, 15) is 4.79 Å². The molecule has 0 radical (unpaired) electrons. The predicted molar refractivity (Wildman–Crippen MR) is 85.0 cm³/mol. The predicted octanol–water partition coefficient (Wildman–Crippen LogP) is 2.72. The van der Waals surface area contributed by atoms with Gasteiger partial charge in [0.05, 0.1) is 0 Å². The molecule has 0 fully saturated rings. The summed E-state index contributed by atoms with van der Waals surface area (Å²) in [5.41, 5.74) is -0.165. The van der Waals surface area contributed by atoms with Crippen LogP contribution in [0, 0.1) is 0 Å². The minimum Gasteiger partial charge on any atom is -0.492 e. The summed E-state index contributed by atoms with van der Waals surface area (Å²) in [6.07, 6.45) is 0.482. The van der Waals surface area contributed by atoms with Crippen molar-refractivity contribution in [3.05, 3.63) is 28.7 Å². The molecular formula is C15H23BrN2O2. The number of rotatable bonds is 7. The maximum absolute atomic E-state index is 11.6. The number of amides is 1. The minimum absolute atomic E-state index is 0.0684. The molecule has 0 spiro atoms. The number of halogens is 1. The molecule has 0 bridgehead atoms. The number of benzene rings is 1. The Kier molecular flexibility index (Phi) is 7.02. The summed E-state index contributed by atoms with van der Waals surface area (Å²) in [7, 11) is 0. The van der Waals surface area contributed by atoms with Gasteiger partial charge in [-0.1, -0.05) is 15.9 Å². The van der Waals surface area contributed by atoms with Crippen molar-refractivity contribution < 1.29 is 9.53 Å². The van der Waals surface area contributed by atoms with Gasteiger partial charge in [-0.15, -0.1) is 0 Å². The second-order valence-corrected chi connectivity index (χ2v) is 6.52. The zero-order valence-corrected chi connectivity index (χ0v) is 13.9. The Morgan fingerprint density at radius 3 is 2.45 bits per heavy atom. The lowest BCUT2D eigenvalue weighted by molar-refractivity contribution is -0.122. The number of nitrogens with one attached hydrogen (secondary N) is 2. The topological polar surface area (TPSA) is 50.4 Å². The highest BCUT2D eigenvalue weighted by Crippen LogP contribution is 2.15. The van der Waals surface area contributed by atoms with Crippen LogP contribution >= 0.6 is 15.9 Å². The number of hydrogen-bond acceptors (Lipinski definition) is 3. The van der Waals surface area contributed by atoms with Gasteiger partial charge < -0.3 is 15.4 Å². The lowest BCUT2D eigenvalue weighted by Crippen LogP contribution is -2.41. The summed E-state index contributed by atoms with van der Waals surface area (Å²) >= 11 is 3.38. The third-order valence-electron chi connectivity index (χ3n) is 2.40. The quantitative estimate of drug-likeness (QED) is 0.749. The normalized spacial score (nSPS) is 11.2. The lowest BCUT2D eigenvalue weighted by atomic mass is 10.1. The number of ether oxygens (including phenoxy) is 1. The molecule has 2 N–H and O–H groups in total. The van der Waals surface area contributed by atoms with Crippen LogP contribution in [0.4, 0.5) is 0 Å². The Labute approximate surface area is 129 Å². The van der Waals surface area contributed by atoms with Crippen molar-refractivity contribution in [2.45, 2.75) is 32.7 Å². The molecule has 0 aromatic heterocycles. The summed E-state index contributed by atoms with van der Waals surface area (Å²) in [5, 5.41) is 6.12. The van der Waals surface area contributed by atoms with E-state index in [0.29, 0.717) is 19.6 Å². The van der Waals surface area contributed by atoms with Crippen LogP contribution < -0.4 is 15.4 Å². The first-order chi connectivity index (χ1) is 9.37. The van der Waals surface area contributed by atoms with Crippen LogP contribution in [0.25, 0.3) is 0 Å². The average Bonchev–Trinajstić information content (AvgIpc) is 2.33. The molecule has 0 unspecified atom stereocenters. The monoisotopic (exact) mass is 342 g/mol. The first-order valence-electron chi connectivity index (χ1n) is 6.77. The summed E-state index contributed by atoms with van der Waals surface area (Å²) in [5.74, 6) is 0.916. The van der Waals surface area contributed by atoms with Crippen molar-refractivity contribution in [3.8, 4) is 5.75 Å². The van der Waals surface area contributed by atoms with Gasteiger partial charge in [-0.05, 0) is 45.0 Å². The molecule has 4 nitrogen and oxygen atoms in total.